The maximum Gasteiger partial charge on any atom is 0.293 e. The fourth-order valence-corrected chi connectivity index (χ4v) is 4.26. The molecule has 1 fully saturated rings. The number of ether oxygens (including phenoxy) is 1. The number of anilines is 1. The number of hydrogen-bond acceptors (Lipinski definition) is 5. The first-order chi connectivity index (χ1) is 16.4. The molecule has 1 aliphatic heterocycles. The van der Waals surface area contributed by atoms with E-state index in [9.17, 15) is 18.8 Å². The van der Waals surface area contributed by atoms with E-state index in [1.165, 1.54) is 24.3 Å². The number of nitrogens with one attached hydrogen (secondary N) is 1. The summed E-state index contributed by atoms with van der Waals surface area (Å²) >= 11 is 6.78. The van der Waals surface area contributed by atoms with Gasteiger partial charge in [-0.15, -0.1) is 0 Å². The van der Waals surface area contributed by atoms with Gasteiger partial charge in [-0.3, -0.25) is 19.3 Å². The van der Waals surface area contributed by atoms with Gasteiger partial charge in [0.05, 0.1) is 11.4 Å². The van der Waals surface area contributed by atoms with E-state index >= 15 is 0 Å². The molecule has 0 bridgehead atoms. The SMILES string of the molecule is O=C(COc1ccccc1/C=C1\SC(=O)N(Cc2c(F)cccc2Cl)C1=O)Nc1ccccc1. The summed E-state index contributed by atoms with van der Waals surface area (Å²) in [6, 6.07) is 20.0. The normalized spacial score (nSPS) is 14.5. The standard InChI is InChI=1S/C25H18ClFN2O4S/c26-19-10-6-11-20(27)18(19)14-29-24(31)22(34-25(29)32)13-16-7-4-5-12-21(16)33-15-23(30)28-17-8-2-1-3-9-17/h1-13H,14-15H2,(H,28,30)/b22-13-. The number of carbonyl (C=O) groups excluding carboxylic acids is 3. The van der Waals surface area contributed by atoms with Crippen molar-refractivity contribution in [3.63, 3.8) is 0 Å². The van der Waals surface area contributed by atoms with Gasteiger partial charge in [-0.05, 0) is 48.2 Å². The molecule has 3 aromatic rings. The fourth-order valence-electron chi connectivity index (χ4n) is 3.21. The topological polar surface area (TPSA) is 75.7 Å². The summed E-state index contributed by atoms with van der Waals surface area (Å²) in [5, 5.41) is 2.33. The van der Waals surface area contributed by atoms with Crippen LogP contribution < -0.4 is 10.1 Å². The third-order valence-corrected chi connectivity index (χ3v) is 6.13. The van der Waals surface area contributed by atoms with Crippen LogP contribution in [0.15, 0.2) is 77.7 Å². The number of benzene rings is 3. The van der Waals surface area contributed by atoms with Gasteiger partial charge in [0, 0.05) is 21.8 Å². The zero-order valence-corrected chi connectivity index (χ0v) is 19.2. The molecule has 3 amide bonds. The fraction of sp³-hybridized carbons (Fsp3) is 0.0800. The number of imide groups is 1. The predicted octanol–water partition coefficient (Wildman–Crippen LogP) is 5.73. The molecule has 0 saturated carbocycles. The van der Waals surface area contributed by atoms with Crippen LogP contribution >= 0.6 is 23.4 Å². The van der Waals surface area contributed by atoms with Crippen LogP contribution in [-0.2, 0) is 16.1 Å². The van der Waals surface area contributed by atoms with E-state index in [2.05, 4.69) is 5.32 Å². The highest BCUT2D eigenvalue weighted by atomic mass is 35.5. The van der Waals surface area contributed by atoms with E-state index in [1.807, 2.05) is 6.07 Å². The molecule has 0 aliphatic carbocycles. The molecule has 3 aromatic carbocycles. The first kappa shape index (κ1) is 23.5. The number of carbonyl (C=O) groups is 3. The van der Waals surface area contributed by atoms with Crippen LogP contribution in [0.4, 0.5) is 14.9 Å². The minimum Gasteiger partial charge on any atom is -0.483 e. The van der Waals surface area contributed by atoms with Crippen molar-refractivity contribution in [2.75, 3.05) is 11.9 Å². The average molecular weight is 497 g/mol. The van der Waals surface area contributed by atoms with Gasteiger partial charge < -0.3 is 10.1 Å². The van der Waals surface area contributed by atoms with Crippen molar-refractivity contribution in [3.05, 3.63) is 99.7 Å². The van der Waals surface area contributed by atoms with E-state index in [0.29, 0.717) is 17.0 Å². The Bertz CT molecular complexity index is 1260. The van der Waals surface area contributed by atoms with Crippen molar-refractivity contribution >= 4 is 52.2 Å². The van der Waals surface area contributed by atoms with Crippen LogP contribution in [0.2, 0.25) is 5.02 Å². The van der Waals surface area contributed by atoms with Crippen LogP contribution in [0.3, 0.4) is 0 Å². The van der Waals surface area contributed by atoms with Crippen LogP contribution in [0.5, 0.6) is 5.75 Å². The van der Waals surface area contributed by atoms with Gasteiger partial charge in [0.15, 0.2) is 6.61 Å². The lowest BCUT2D eigenvalue weighted by molar-refractivity contribution is -0.123. The lowest BCUT2D eigenvalue weighted by Crippen LogP contribution is -2.28. The second-order valence-electron chi connectivity index (χ2n) is 7.21. The molecule has 1 N–H and O–H groups in total. The van der Waals surface area contributed by atoms with E-state index < -0.39 is 17.0 Å². The van der Waals surface area contributed by atoms with E-state index in [0.717, 1.165) is 16.7 Å². The van der Waals surface area contributed by atoms with Crippen LogP contribution in [0.25, 0.3) is 6.08 Å². The Labute approximate surface area is 204 Å². The number of thioether (sulfide) groups is 1. The smallest absolute Gasteiger partial charge is 0.293 e. The Morgan fingerprint density at radius 2 is 1.76 bits per heavy atom. The first-order valence-corrected chi connectivity index (χ1v) is 11.4. The summed E-state index contributed by atoms with van der Waals surface area (Å²) in [5.74, 6) is -1.13. The number of amides is 3. The Morgan fingerprint density at radius 1 is 1.03 bits per heavy atom. The monoisotopic (exact) mass is 496 g/mol. The molecule has 34 heavy (non-hydrogen) atoms. The minimum atomic E-state index is -0.594. The molecule has 0 aromatic heterocycles. The number of rotatable bonds is 7. The van der Waals surface area contributed by atoms with Crippen molar-refractivity contribution in [2.45, 2.75) is 6.54 Å². The molecule has 9 heteroatoms. The van der Waals surface area contributed by atoms with Crippen molar-refractivity contribution < 1.29 is 23.5 Å². The van der Waals surface area contributed by atoms with Crippen LogP contribution in [0, 0.1) is 5.82 Å². The Balaban J connectivity index is 1.47. The molecule has 172 valence electrons. The minimum absolute atomic E-state index is 0.0703. The molecule has 0 unspecified atom stereocenters. The van der Waals surface area contributed by atoms with Crippen LogP contribution in [0.1, 0.15) is 11.1 Å². The zero-order chi connectivity index (χ0) is 24.1. The molecular weight excluding hydrogens is 479 g/mol. The molecule has 0 spiro atoms. The predicted molar refractivity (Wildman–Crippen MR) is 130 cm³/mol. The Hall–Kier alpha value is -3.62. The highest BCUT2D eigenvalue weighted by Gasteiger charge is 2.36. The quantitative estimate of drug-likeness (QED) is 0.422. The van der Waals surface area contributed by atoms with Gasteiger partial charge in [-0.2, -0.15) is 0 Å². The summed E-state index contributed by atoms with van der Waals surface area (Å²) in [6.45, 7) is -0.516. The third-order valence-electron chi connectivity index (χ3n) is 4.87. The van der Waals surface area contributed by atoms with Crippen molar-refractivity contribution in [2.24, 2.45) is 0 Å². The second kappa shape index (κ2) is 10.5. The van der Waals surface area contributed by atoms with E-state index in [-0.39, 0.29) is 34.6 Å². The highest BCUT2D eigenvalue weighted by Crippen LogP contribution is 2.36. The largest absolute Gasteiger partial charge is 0.483 e. The average Bonchev–Trinajstić information content (AvgIpc) is 3.08. The Kier molecular flexibility index (Phi) is 7.30. The molecule has 0 radical (unpaired) electrons. The summed E-state index contributed by atoms with van der Waals surface area (Å²) < 4.78 is 19.8. The van der Waals surface area contributed by atoms with Gasteiger partial charge >= 0.3 is 0 Å². The summed E-state index contributed by atoms with van der Waals surface area (Å²) in [5.41, 5.74) is 1.23. The maximum atomic E-state index is 14.1. The lowest BCUT2D eigenvalue weighted by Gasteiger charge is -2.14. The van der Waals surface area contributed by atoms with Crippen molar-refractivity contribution in [1.29, 1.82) is 0 Å². The van der Waals surface area contributed by atoms with Crippen molar-refractivity contribution in [1.82, 2.24) is 4.90 Å². The summed E-state index contributed by atoms with van der Waals surface area (Å²) in [6.07, 6.45) is 1.51. The number of nitrogens with zero attached hydrogens (tertiary/aromatic N) is 1. The molecular formula is C25H18ClFN2O4S. The number of hydrogen-bond donors (Lipinski definition) is 1. The lowest BCUT2D eigenvalue weighted by atomic mass is 10.1. The van der Waals surface area contributed by atoms with Gasteiger partial charge in [-0.1, -0.05) is 54.1 Å². The maximum absolute atomic E-state index is 14.1. The third kappa shape index (κ3) is 5.47. The molecule has 4 rings (SSSR count). The van der Waals surface area contributed by atoms with Gasteiger partial charge in [0.25, 0.3) is 17.1 Å². The molecule has 0 atom stereocenters. The van der Waals surface area contributed by atoms with E-state index in [1.54, 1.807) is 48.5 Å². The highest BCUT2D eigenvalue weighted by molar-refractivity contribution is 8.18. The number of para-hydroxylation sites is 2. The zero-order valence-electron chi connectivity index (χ0n) is 17.7. The molecule has 1 aliphatic rings. The number of halogens is 2. The summed E-state index contributed by atoms with van der Waals surface area (Å²) in [7, 11) is 0. The van der Waals surface area contributed by atoms with Gasteiger partial charge in [0.2, 0.25) is 0 Å². The molecule has 6 nitrogen and oxygen atoms in total. The van der Waals surface area contributed by atoms with Gasteiger partial charge in [0.1, 0.15) is 11.6 Å². The summed E-state index contributed by atoms with van der Waals surface area (Å²) in [4.78, 5) is 38.6. The Morgan fingerprint density at radius 3 is 2.53 bits per heavy atom. The van der Waals surface area contributed by atoms with Gasteiger partial charge in [-0.25, -0.2) is 4.39 Å². The second-order valence-corrected chi connectivity index (χ2v) is 8.61. The molecule has 1 saturated heterocycles. The van der Waals surface area contributed by atoms with Crippen LogP contribution in [-0.4, -0.2) is 28.6 Å². The first-order valence-electron chi connectivity index (χ1n) is 10.2. The van der Waals surface area contributed by atoms with E-state index in [4.69, 9.17) is 16.3 Å². The molecule has 1 heterocycles. The van der Waals surface area contributed by atoms with Crippen molar-refractivity contribution in [3.8, 4) is 5.75 Å².